The summed E-state index contributed by atoms with van der Waals surface area (Å²) in [5.74, 6) is 2.82. The molecule has 0 N–H and O–H groups in total. The van der Waals surface area contributed by atoms with Crippen LogP contribution < -0.4 is 5.46 Å². The first-order valence-corrected chi connectivity index (χ1v) is 8.51. The number of rotatable bonds is 1. The predicted octanol–water partition coefficient (Wildman–Crippen LogP) is 2.97. The van der Waals surface area contributed by atoms with E-state index in [0.29, 0.717) is 5.56 Å². The first kappa shape index (κ1) is 12.9. The van der Waals surface area contributed by atoms with Crippen molar-refractivity contribution < 1.29 is 12.9 Å². The summed E-state index contributed by atoms with van der Waals surface area (Å²) in [6, 6.07) is 5.21. The Kier molecular flexibility index (Phi) is 3.54. The second-order valence-corrected chi connectivity index (χ2v) is 9.45. The van der Waals surface area contributed by atoms with Crippen LogP contribution in [-0.4, -0.2) is 15.1 Å². The van der Waals surface area contributed by atoms with Crippen LogP contribution in [0.1, 0.15) is 5.56 Å². The summed E-state index contributed by atoms with van der Waals surface area (Å²) in [5.41, 5.74) is 2.91. The third-order valence-electron chi connectivity index (χ3n) is 1.85. The minimum atomic E-state index is -4.93. The summed E-state index contributed by atoms with van der Waals surface area (Å²) < 4.78 is 37.4. The van der Waals surface area contributed by atoms with Gasteiger partial charge in [-0.3, -0.25) is 0 Å². The van der Waals surface area contributed by atoms with Gasteiger partial charge >= 0.3 is 6.98 Å². The quantitative estimate of drug-likeness (QED) is 0.523. The van der Waals surface area contributed by atoms with Crippen LogP contribution in [0, 0.1) is 11.5 Å². The monoisotopic (exact) mass is 241 g/mol. The fraction of sp³-hybridized carbons (Fsp3) is 0.273. The molecular weight excluding hydrogens is 228 g/mol. The van der Waals surface area contributed by atoms with Crippen molar-refractivity contribution in [3.63, 3.8) is 0 Å². The molecule has 0 spiro atoms. The Labute approximate surface area is 94.9 Å². The second-order valence-electron chi connectivity index (χ2n) is 4.70. The summed E-state index contributed by atoms with van der Waals surface area (Å²) in [5, 5.41) is 0. The van der Waals surface area contributed by atoms with Crippen LogP contribution in [-0.2, 0) is 0 Å². The molecule has 1 aromatic rings. The first-order valence-electron chi connectivity index (χ1n) is 5.01. The predicted molar refractivity (Wildman–Crippen MR) is 65.4 cm³/mol. The Morgan fingerprint density at radius 1 is 1.12 bits per heavy atom. The molecule has 0 aliphatic rings. The highest BCUT2D eigenvalue weighted by Gasteiger charge is 2.25. The van der Waals surface area contributed by atoms with Crippen molar-refractivity contribution in [2.45, 2.75) is 19.6 Å². The van der Waals surface area contributed by atoms with Crippen LogP contribution in [0.4, 0.5) is 12.9 Å². The Balaban J connectivity index is 3.04. The SMILES string of the molecule is C[Si](C)(C)C#Cc1cccc([B-](F)(F)F)c1. The lowest BCUT2D eigenvalue weighted by molar-refractivity contribution is 0.501. The maximum absolute atomic E-state index is 12.5. The molecule has 0 saturated heterocycles. The highest BCUT2D eigenvalue weighted by atomic mass is 28.3. The van der Waals surface area contributed by atoms with Gasteiger partial charge in [-0.25, -0.2) is 0 Å². The van der Waals surface area contributed by atoms with E-state index >= 15 is 0 Å². The lowest BCUT2D eigenvalue weighted by Crippen LogP contribution is -2.33. The fourth-order valence-electron chi connectivity index (χ4n) is 1.08. The van der Waals surface area contributed by atoms with E-state index in [9.17, 15) is 12.9 Å². The molecule has 0 nitrogen and oxygen atoms in total. The maximum atomic E-state index is 12.5. The number of benzene rings is 1. The topological polar surface area (TPSA) is 0 Å². The summed E-state index contributed by atoms with van der Waals surface area (Å²) >= 11 is 0. The van der Waals surface area contributed by atoms with Crippen molar-refractivity contribution in [2.24, 2.45) is 0 Å². The molecule has 0 saturated carbocycles. The zero-order valence-corrected chi connectivity index (χ0v) is 10.5. The molecule has 16 heavy (non-hydrogen) atoms. The van der Waals surface area contributed by atoms with Crippen molar-refractivity contribution in [3.8, 4) is 11.5 Å². The normalized spacial score (nSPS) is 11.9. The van der Waals surface area contributed by atoms with Gasteiger partial charge in [0.05, 0.1) is 0 Å². The van der Waals surface area contributed by atoms with Crippen molar-refractivity contribution in [1.29, 1.82) is 0 Å². The van der Waals surface area contributed by atoms with Gasteiger partial charge in [-0.05, 0) is 6.07 Å². The van der Waals surface area contributed by atoms with Gasteiger partial charge in [0.25, 0.3) is 0 Å². The molecule has 0 fully saturated rings. The third kappa shape index (κ3) is 4.15. The van der Waals surface area contributed by atoms with E-state index < -0.39 is 20.5 Å². The minimum absolute atomic E-state index is 0.444. The van der Waals surface area contributed by atoms with Gasteiger partial charge < -0.3 is 12.9 Å². The zero-order chi connectivity index (χ0) is 12.4. The first-order chi connectivity index (χ1) is 7.18. The molecule has 0 bridgehead atoms. The smallest absolute Gasteiger partial charge is 0.445 e. The molecule has 1 aromatic carbocycles. The third-order valence-corrected chi connectivity index (χ3v) is 2.72. The summed E-state index contributed by atoms with van der Waals surface area (Å²) in [6.07, 6.45) is 0. The molecule has 0 aliphatic carbocycles. The molecule has 1 rings (SSSR count). The molecule has 86 valence electrons. The highest BCUT2D eigenvalue weighted by Crippen LogP contribution is 2.09. The van der Waals surface area contributed by atoms with E-state index in [-0.39, 0.29) is 0 Å². The van der Waals surface area contributed by atoms with Crippen LogP contribution >= 0.6 is 0 Å². The van der Waals surface area contributed by atoms with Crippen molar-refractivity contribution in [3.05, 3.63) is 29.8 Å². The van der Waals surface area contributed by atoms with Gasteiger partial charge in [0, 0.05) is 5.56 Å². The van der Waals surface area contributed by atoms with E-state index in [1.807, 2.05) is 0 Å². The molecule has 0 unspecified atom stereocenters. The number of hydrogen-bond acceptors (Lipinski definition) is 0. The van der Waals surface area contributed by atoms with Gasteiger partial charge in [-0.2, -0.15) is 0 Å². The Bertz CT molecular complexity index is 435. The van der Waals surface area contributed by atoms with E-state index in [1.54, 1.807) is 6.07 Å². The van der Waals surface area contributed by atoms with Crippen LogP contribution in [0.3, 0.4) is 0 Å². The zero-order valence-electron chi connectivity index (χ0n) is 9.52. The maximum Gasteiger partial charge on any atom is 0.509 e. The molecule has 0 radical (unpaired) electrons. The summed E-state index contributed by atoms with van der Waals surface area (Å²) in [4.78, 5) is 0. The van der Waals surface area contributed by atoms with E-state index in [4.69, 9.17) is 0 Å². The van der Waals surface area contributed by atoms with E-state index in [0.717, 1.165) is 12.1 Å². The van der Waals surface area contributed by atoms with Crippen molar-refractivity contribution >= 4 is 20.5 Å². The fourth-order valence-corrected chi connectivity index (χ4v) is 1.60. The number of halogens is 3. The van der Waals surface area contributed by atoms with Crippen molar-refractivity contribution in [2.75, 3.05) is 0 Å². The largest absolute Gasteiger partial charge is 0.509 e. The van der Waals surface area contributed by atoms with Gasteiger partial charge in [-0.15, -0.1) is 11.0 Å². The molecule has 5 heteroatoms. The summed E-state index contributed by atoms with van der Waals surface area (Å²) in [7, 11) is -1.54. The Hall–Kier alpha value is -1.15. The lowest BCUT2D eigenvalue weighted by atomic mass is 9.79. The molecular formula is C11H13BF3Si-. The molecule has 0 aliphatic heterocycles. The number of hydrogen-bond donors (Lipinski definition) is 0. The standard InChI is InChI=1S/C11H13BF3Si/c1-16(2,3)8-7-10-5-4-6-11(9-10)12(13,14)15/h4-6,9H,1-3H3/q-1. The lowest BCUT2D eigenvalue weighted by Gasteiger charge is -2.14. The van der Waals surface area contributed by atoms with Gasteiger partial charge in [0.2, 0.25) is 0 Å². The Morgan fingerprint density at radius 2 is 1.75 bits per heavy atom. The van der Waals surface area contributed by atoms with E-state index in [2.05, 4.69) is 31.1 Å². The Morgan fingerprint density at radius 3 is 2.25 bits per heavy atom. The van der Waals surface area contributed by atoms with Crippen LogP contribution in [0.25, 0.3) is 0 Å². The van der Waals surface area contributed by atoms with Gasteiger partial charge in [0.15, 0.2) is 0 Å². The average molecular weight is 241 g/mol. The second kappa shape index (κ2) is 4.38. The van der Waals surface area contributed by atoms with Gasteiger partial charge in [-0.1, -0.05) is 43.8 Å². The molecule has 0 atom stereocenters. The minimum Gasteiger partial charge on any atom is -0.445 e. The average Bonchev–Trinajstić information content (AvgIpc) is 2.13. The van der Waals surface area contributed by atoms with E-state index in [1.165, 1.54) is 6.07 Å². The van der Waals surface area contributed by atoms with Crippen LogP contribution in [0.15, 0.2) is 24.3 Å². The molecule has 0 amide bonds. The molecule has 0 aromatic heterocycles. The molecule has 0 heterocycles. The van der Waals surface area contributed by atoms with Crippen LogP contribution in [0.2, 0.25) is 19.6 Å². The van der Waals surface area contributed by atoms with Crippen molar-refractivity contribution in [1.82, 2.24) is 0 Å². The van der Waals surface area contributed by atoms with Gasteiger partial charge in [0.1, 0.15) is 8.07 Å². The summed E-state index contributed by atoms with van der Waals surface area (Å²) in [6.45, 7) is 1.23. The highest BCUT2D eigenvalue weighted by molar-refractivity contribution is 6.83. The van der Waals surface area contributed by atoms with Crippen LogP contribution in [0.5, 0.6) is 0 Å².